The topological polar surface area (TPSA) is 101 Å². The Kier molecular flexibility index (Phi) is 6.40. The van der Waals surface area contributed by atoms with E-state index in [0.717, 1.165) is 0 Å². The summed E-state index contributed by atoms with van der Waals surface area (Å²) in [5.74, 6) is -0.393. The Morgan fingerprint density at radius 3 is 2.27 bits per heavy atom. The second-order valence-electron chi connectivity index (χ2n) is 6.46. The molecule has 0 unspecified atom stereocenters. The maximum Gasteiger partial charge on any atom is 0.262 e. The van der Waals surface area contributed by atoms with Crippen LogP contribution in [0.3, 0.4) is 0 Å². The van der Waals surface area contributed by atoms with Gasteiger partial charge in [0.2, 0.25) is 0 Å². The third kappa shape index (κ3) is 4.96. The van der Waals surface area contributed by atoms with Crippen molar-refractivity contribution in [3.8, 4) is 0 Å². The van der Waals surface area contributed by atoms with E-state index in [-0.39, 0.29) is 20.6 Å². The molecular formula is C21H18ClN3O3S2. The zero-order chi connectivity index (χ0) is 21.9. The number of thiocarbonyl (C=S) groups is 1. The highest BCUT2D eigenvalue weighted by Gasteiger charge is 2.19. The lowest BCUT2D eigenvalue weighted by Crippen LogP contribution is -2.16. The van der Waals surface area contributed by atoms with Crippen LogP contribution in [0.2, 0.25) is 5.02 Å². The van der Waals surface area contributed by atoms with Gasteiger partial charge in [-0.05, 0) is 48.9 Å². The molecule has 0 fully saturated rings. The van der Waals surface area contributed by atoms with E-state index in [1.165, 1.54) is 6.07 Å². The molecule has 0 spiro atoms. The van der Waals surface area contributed by atoms with Gasteiger partial charge in [0.05, 0.1) is 15.6 Å². The first-order valence-electron chi connectivity index (χ1n) is 8.76. The van der Waals surface area contributed by atoms with Crippen molar-refractivity contribution in [2.45, 2.75) is 11.8 Å². The number of hydrogen-bond acceptors (Lipinski definition) is 4. The molecule has 1 amide bonds. The van der Waals surface area contributed by atoms with Crippen LogP contribution in [0.1, 0.15) is 21.5 Å². The third-order valence-electron chi connectivity index (χ3n) is 4.29. The van der Waals surface area contributed by atoms with Crippen molar-refractivity contribution in [1.82, 2.24) is 0 Å². The Hall–Kier alpha value is -2.94. The summed E-state index contributed by atoms with van der Waals surface area (Å²) >= 11 is 11.0. The molecular weight excluding hydrogens is 442 g/mol. The molecule has 0 bridgehead atoms. The molecule has 0 heterocycles. The number of amides is 1. The zero-order valence-corrected chi connectivity index (χ0v) is 18.2. The van der Waals surface area contributed by atoms with E-state index >= 15 is 0 Å². The fourth-order valence-electron chi connectivity index (χ4n) is 2.70. The maximum atomic E-state index is 12.9. The molecule has 0 aliphatic rings. The van der Waals surface area contributed by atoms with E-state index in [1.807, 2.05) is 0 Å². The quantitative estimate of drug-likeness (QED) is 0.476. The molecule has 3 rings (SSSR count). The number of halogens is 1. The summed E-state index contributed by atoms with van der Waals surface area (Å²) in [5, 5.41) is 2.98. The summed E-state index contributed by atoms with van der Waals surface area (Å²) in [6.45, 7) is 1.67. The fraction of sp³-hybridized carbons (Fsp3) is 0.0476. The van der Waals surface area contributed by atoms with Gasteiger partial charge in [0, 0.05) is 16.8 Å². The smallest absolute Gasteiger partial charge is 0.262 e. The predicted molar refractivity (Wildman–Crippen MR) is 124 cm³/mol. The number of rotatable bonds is 6. The number of hydrogen-bond donors (Lipinski definition) is 3. The summed E-state index contributed by atoms with van der Waals surface area (Å²) in [4.78, 5) is 12.8. The van der Waals surface area contributed by atoms with Crippen molar-refractivity contribution in [2.75, 3.05) is 10.0 Å². The first-order valence-corrected chi connectivity index (χ1v) is 11.0. The molecule has 0 aliphatic heterocycles. The molecule has 3 aromatic rings. The number of para-hydroxylation sites is 1. The largest absolute Gasteiger partial charge is 0.389 e. The number of carbonyl (C=O) groups is 1. The molecule has 0 radical (unpaired) electrons. The average molecular weight is 460 g/mol. The van der Waals surface area contributed by atoms with Gasteiger partial charge in [0.25, 0.3) is 15.9 Å². The minimum absolute atomic E-state index is 0.0315. The van der Waals surface area contributed by atoms with Crippen LogP contribution in [-0.2, 0) is 10.0 Å². The first kappa shape index (κ1) is 21.8. The van der Waals surface area contributed by atoms with E-state index in [4.69, 9.17) is 29.6 Å². The van der Waals surface area contributed by atoms with Gasteiger partial charge in [-0.1, -0.05) is 54.2 Å². The third-order valence-corrected chi connectivity index (χ3v) is 6.36. The number of anilines is 2. The van der Waals surface area contributed by atoms with Crippen LogP contribution >= 0.6 is 23.8 Å². The number of carbonyl (C=O) groups excluding carboxylic acids is 1. The Labute approximate surface area is 185 Å². The van der Waals surface area contributed by atoms with Crippen LogP contribution in [0.25, 0.3) is 0 Å². The summed E-state index contributed by atoms with van der Waals surface area (Å²) in [6, 6.07) is 17.7. The standard InChI is InChI=1S/C21H18ClN3O3S2/c1-13-6-11-16(24-21(26)15-9-7-14(8-10-15)20(23)29)12-19(13)30(27,28)25-18-5-3-2-4-17(18)22/h2-12,25H,1H3,(H2,23,29)(H,24,26). The van der Waals surface area contributed by atoms with Gasteiger partial charge in [-0.25, -0.2) is 8.42 Å². The van der Waals surface area contributed by atoms with E-state index in [1.54, 1.807) is 67.6 Å². The van der Waals surface area contributed by atoms with Crippen molar-refractivity contribution in [2.24, 2.45) is 5.73 Å². The molecule has 0 aromatic heterocycles. The lowest BCUT2D eigenvalue weighted by Gasteiger charge is -2.13. The highest BCUT2D eigenvalue weighted by Crippen LogP contribution is 2.27. The highest BCUT2D eigenvalue weighted by atomic mass is 35.5. The molecule has 6 nitrogen and oxygen atoms in total. The first-order chi connectivity index (χ1) is 14.2. The predicted octanol–water partition coefficient (Wildman–Crippen LogP) is 4.34. The lowest BCUT2D eigenvalue weighted by atomic mass is 10.1. The van der Waals surface area contributed by atoms with Crippen LogP contribution < -0.4 is 15.8 Å². The second kappa shape index (κ2) is 8.83. The van der Waals surface area contributed by atoms with Gasteiger partial charge >= 0.3 is 0 Å². The maximum absolute atomic E-state index is 12.9. The summed E-state index contributed by atoms with van der Waals surface area (Å²) in [7, 11) is -3.92. The molecule has 4 N–H and O–H groups in total. The Morgan fingerprint density at radius 1 is 1.00 bits per heavy atom. The van der Waals surface area contributed by atoms with Crippen LogP contribution in [0.4, 0.5) is 11.4 Å². The molecule has 3 aromatic carbocycles. The fourth-order valence-corrected chi connectivity index (χ4v) is 4.43. The Balaban J connectivity index is 1.85. The van der Waals surface area contributed by atoms with Crippen molar-refractivity contribution in [1.29, 1.82) is 0 Å². The van der Waals surface area contributed by atoms with Gasteiger partial charge in [0.15, 0.2) is 0 Å². The van der Waals surface area contributed by atoms with E-state index in [9.17, 15) is 13.2 Å². The van der Waals surface area contributed by atoms with Crippen molar-refractivity contribution in [3.63, 3.8) is 0 Å². The van der Waals surface area contributed by atoms with Crippen LogP contribution in [0, 0.1) is 6.92 Å². The Morgan fingerprint density at radius 2 is 1.63 bits per heavy atom. The Bertz CT molecular complexity index is 1230. The minimum atomic E-state index is -3.92. The van der Waals surface area contributed by atoms with Crippen molar-refractivity contribution in [3.05, 3.63) is 88.4 Å². The van der Waals surface area contributed by atoms with Crippen LogP contribution in [-0.4, -0.2) is 19.3 Å². The SMILES string of the molecule is Cc1ccc(NC(=O)c2ccc(C(N)=S)cc2)cc1S(=O)(=O)Nc1ccccc1Cl. The highest BCUT2D eigenvalue weighted by molar-refractivity contribution is 7.92. The molecule has 0 saturated heterocycles. The molecule has 154 valence electrons. The van der Waals surface area contributed by atoms with E-state index in [2.05, 4.69) is 10.0 Å². The monoisotopic (exact) mass is 459 g/mol. The van der Waals surface area contributed by atoms with Gasteiger partial charge in [0.1, 0.15) is 4.99 Å². The average Bonchev–Trinajstić information content (AvgIpc) is 2.71. The number of sulfonamides is 1. The molecule has 0 aliphatic carbocycles. The minimum Gasteiger partial charge on any atom is -0.389 e. The number of nitrogens with one attached hydrogen (secondary N) is 2. The summed E-state index contributed by atoms with van der Waals surface area (Å²) in [5.41, 5.74) is 7.72. The summed E-state index contributed by atoms with van der Waals surface area (Å²) in [6.07, 6.45) is 0. The number of nitrogens with two attached hydrogens (primary N) is 1. The molecule has 9 heteroatoms. The zero-order valence-electron chi connectivity index (χ0n) is 15.8. The van der Waals surface area contributed by atoms with E-state index in [0.29, 0.717) is 22.4 Å². The molecule has 0 atom stereocenters. The van der Waals surface area contributed by atoms with Crippen molar-refractivity contribution >= 4 is 56.1 Å². The van der Waals surface area contributed by atoms with Crippen LogP contribution in [0.5, 0.6) is 0 Å². The van der Waals surface area contributed by atoms with Gasteiger partial charge in [-0.15, -0.1) is 0 Å². The number of benzene rings is 3. The summed E-state index contributed by atoms with van der Waals surface area (Å²) < 4.78 is 28.2. The van der Waals surface area contributed by atoms with Crippen LogP contribution in [0.15, 0.2) is 71.6 Å². The molecule has 0 saturated carbocycles. The number of aryl methyl sites for hydroxylation is 1. The lowest BCUT2D eigenvalue weighted by molar-refractivity contribution is 0.102. The van der Waals surface area contributed by atoms with Gasteiger partial charge < -0.3 is 11.1 Å². The van der Waals surface area contributed by atoms with Crippen molar-refractivity contribution < 1.29 is 13.2 Å². The van der Waals surface area contributed by atoms with Gasteiger partial charge in [-0.2, -0.15) is 0 Å². The normalized spacial score (nSPS) is 11.0. The second-order valence-corrected chi connectivity index (χ2v) is 8.96. The molecule has 30 heavy (non-hydrogen) atoms. The van der Waals surface area contributed by atoms with Gasteiger partial charge in [-0.3, -0.25) is 9.52 Å². The van der Waals surface area contributed by atoms with E-state index < -0.39 is 15.9 Å².